The van der Waals surface area contributed by atoms with Crippen molar-refractivity contribution in [3.63, 3.8) is 0 Å². The van der Waals surface area contributed by atoms with Crippen LogP contribution in [0.4, 0.5) is 8.78 Å². The monoisotopic (exact) mass is 468 g/mol. The van der Waals surface area contributed by atoms with Crippen LogP contribution in [0.1, 0.15) is 39.2 Å². The molecule has 2 saturated carbocycles. The van der Waals surface area contributed by atoms with Gasteiger partial charge in [-0.05, 0) is 67.0 Å². The second kappa shape index (κ2) is 9.04. The third-order valence-corrected chi connectivity index (χ3v) is 7.43. The molecule has 9 heteroatoms. The highest BCUT2D eigenvalue weighted by atomic mass is 19.1. The lowest BCUT2D eigenvalue weighted by atomic mass is 9.68. The number of nitrogens with zero attached hydrogens (tertiary/aromatic N) is 1. The summed E-state index contributed by atoms with van der Waals surface area (Å²) in [4.78, 5) is 14.4. The second-order valence-corrected chi connectivity index (χ2v) is 9.40. The van der Waals surface area contributed by atoms with Crippen molar-refractivity contribution in [2.24, 2.45) is 22.5 Å². The molecule has 2 bridgehead atoms. The standard InChI is InChI=1S/C25H30F2N6O/c1-4-33(23(34)18(28)8-9-20(30)31)13-25-11-10-15(24(25,2)3)14(22(25)32)12-19(29)21-16(26)6-5-7-17(21)27/h5-9,12,15,28-29,32H,4,10-11,13H2,1-3H3,(H3,30,31)/b9-8-,14-12-,28-18?,29-19?,32-22?/t15-,25-/m0/s1. The van der Waals surface area contributed by atoms with Crippen LogP contribution < -0.4 is 5.73 Å². The fraction of sp³-hybridized carbons (Fsp3) is 0.400. The van der Waals surface area contributed by atoms with E-state index in [2.05, 4.69) is 0 Å². The van der Waals surface area contributed by atoms with E-state index in [0.29, 0.717) is 18.5 Å². The molecular weight excluding hydrogens is 438 g/mol. The molecule has 1 aromatic carbocycles. The minimum absolute atomic E-state index is 0.0962. The van der Waals surface area contributed by atoms with E-state index >= 15 is 0 Å². The first-order valence-corrected chi connectivity index (χ1v) is 11.1. The Labute approximate surface area is 197 Å². The van der Waals surface area contributed by atoms with Crippen molar-refractivity contribution < 1.29 is 13.6 Å². The number of carbonyl (C=O) groups excluding carboxylic acids is 1. The van der Waals surface area contributed by atoms with Crippen molar-refractivity contribution in [3.8, 4) is 0 Å². The van der Waals surface area contributed by atoms with Gasteiger partial charge in [0.1, 0.15) is 23.2 Å². The molecule has 180 valence electrons. The van der Waals surface area contributed by atoms with Crippen molar-refractivity contribution in [2.75, 3.05) is 13.1 Å². The lowest BCUT2D eigenvalue weighted by Crippen LogP contribution is -2.49. The zero-order chi connectivity index (χ0) is 25.4. The first-order valence-electron chi connectivity index (χ1n) is 11.1. The maximum absolute atomic E-state index is 14.2. The average Bonchev–Trinajstić information content (AvgIpc) is 3.10. The quantitative estimate of drug-likeness (QED) is 0.290. The molecule has 0 aliphatic heterocycles. The number of benzene rings is 1. The fourth-order valence-electron chi connectivity index (χ4n) is 5.43. The Kier molecular flexibility index (Phi) is 6.68. The Morgan fingerprint density at radius 1 is 1.21 bits per heavy atom. The Morgan fingerprint density at radius 3 is 2.38 bits per heavy atom. The molecule has 2 fully saturated rings. The highest BCUT2D eigenvalue weighted by Crippen LogP contribution is 2.66. The van der Waals surface area contributed by atoms with Gasteiger partial charge in [-0.3, -0.25) is 15.6 Å². The van der Waals surface area contributed by atoms with Crippen molar-refractivity contribution in [1.29, 1.82) is 21.6 Å². The van der Waals surface area contributed by atoms with E-state index in [1.165, 1.54) is 29.2 Å². The number of carbonyl (C=O) groups is 1. The fourth-order valence-corrected chi connectivity index (χ4v) is 5.43. The van der Waals surface area contributed by atoms with Gasteiger partial charge in [-0.15, -0.1) is 0 Å². The van der Waals surface area contributed by atoms with Crippen LogP contribution in [0.15, 0.2) is 42.0 Å². The van der Waals surface area contributed by atoms with Gasteiger partial charge < -0.3 is 21.5 Å². The number of halogens is 2. The Morgan fingerprint density at radius 2 is 1.82 bits per heavy atom. The summed E-state index contributed by atoms with van der Waals surface area (Å²) in [5.41, 5.74) is 3.91. The molecule has 2 aliphatic rings. The molecule has 6 N–H and O–H groups in total. The van der Waals surface area contributed by atoms with Crippen molar-refractivity contribution in [3.05, 3.63) is 59.2 Å². The minimum Gasteiger partial charge on any atom is -0.384 e. The molecule has 2 atom stereocenters. The summed E-state index contributed by atoms with van der Waals surface area (Å²) in [6, 6.07) is 3.44. The van der Waals surface area contributed by atoms with E-state index in [-0.39, 0.29) is 35.4 Å². The van der Waals surface area contributed by atoms with E-state index in [4.69, 9.17) is 27.4 Å². The summed E-state index contributed by atoms with van der Waals surface area (Å²) in [5.74, 6) is -2.54. The third kappa shape index (κ3) is 3.99. The van der Waals surface area contributed by atoms with Gasteiger partial charge in [0.25, 0.3) is 5.91 Å². The Balaban J connectivity index is 1.95. The summed E-state index contributed by atoms with van der Waals surface area (Å²) >= 11 is 0. The predicted molar refractivity (Wildman–Crippen MR) is 129 cm³/mol. The van der Waals surface area contributed by atoms with Gasteiger partial charge in [0.05, 0.1) is 11.3 Å². The number of hydrogen-bond acceptors (Lipinski definition) is 5. The number of amidine groups is 1. The second-order valence-electron chi connectivity index (χ2n) is 9.40. The number of hydrogen-bond donors (Lipinski definition) is 5. The van der Waals surface area contributed by atoms with Gasteiger partial charge in [0, 0.05) is 24.2 Å². The zero-order valence-electron chi connectivity index (χ0n) is 19.6. The van der Waals surface area contributed by atoms with Gasteiger partial charge in [-0.2, -0.15) is 0 Å². The van der Waals surface area contributed by atoms with Gasteiger partial charge in [-0.25, -0.2) is 8.78 Å². The van der Waals surface area contributed by atoms with E-state index in [0.717, 1.165) is 18.6 Å². The van der Waals surface area contributed by atoms with E-state index < -0.39 is 33.9 Å². The maximum Gasteiger partial charge on any atom is 0.271 e. The molecular formula is C25H30F2N6O. The van der Waals surface area contributed by atoms with E-state index in [1.54, 1.807) is 6.92 Å². The first kappa shape index (κ1) is 25.1. The van der Waals surface area contributed by atoms with Crippen LogP contribution in [0.3, 0.4) is 0 Å². The van der Waals surface area contributed by atoms with Crippen LogP contribution in [-0.4, -0.2) is 46.9 Å². The zero-order valence-corrected chi connectivity index (χ0v) is 19.6. The number of fused-ring (bicyclic) bond motifs is 2. The van der Waals surface area contributed by atoms with E-state index in [1.807, 2.05) is 13.8 Å². The van der Waals surface area contributed by atoms with Crippen LogP contribution >= 0.6 is 0 Å². The van der Waals surface area contributed by atoms with Gasteiger partial charge in [0.15, 0.2) is 0 Å². The highest BCUT2D eigenvalue weighted by Gasteiger charge is 2.65. The van der Waals surface area contributed by atoms with Crippen LogP contribution in [0.2, 0.25) is 0 Å². The van der Waals surface area contributed by atoms with E-state index in [9.17, 15) is 13.6 Å². The molecule has 0 aromatic heterocycles. The molecule has 2 aliphatic carbocycles. The number of nitrogens with two attached hydrogens (primary N) is 1. The predicted octanol–water partition coefficient (Wildman–Crippen LogP) is 4.08. The molecule has 0 radical (unpaired) electrons. The molecule has 7 nitrogen and oxygen atoms in total. The van der Waals surface area contributed by atoms with Crippen LogP contribution in [-0.2, 0) is 4.79 Å². The molecule has 0 spiro atoms. The Bertz CT molecular complexity index is 1130. The molecule has 0 saturated heterocycles. The first-order chi connectivity index (χ1) is 15.9. The normalized spacial score (nSPS) is 24.1. The summed E-state index contributed by atoms with van der Waals surface area (Å²) in [5, 5.41) is 32.6. The topological polar surface area (TPSA) is 142 Å². The van der Waals surface area contributed by atoms with Gasteiger partial charge >= 0.3 is 0 Å². The van der Waals surface area contributed by atoms with Crippen molar-refractivity contribution in [1.82, 2.24) is 4.90 Å². The summed E-state index contributed by atoms with van der Waals surface area (Å²) in [6.45, 7) is 6.36. The Hall–Kier alpha value is -3.49. The lowest BCUT2D eigenvalue weighted by molar-refractivity contribution is -0.125. The molecule has 1 amide bonds. The molecule has 1 aromatic rings. The number of allylic oxidation sites excluding steroid dienone is 2. The van der Waals surface area contributed by atoms with Crippen molar-refractivity contribution >= 4 is 28.9 Å². The maximum atomic E-state index is 14.2. The minimum atomic E-state index is -0.828. The van der Waals surface area contributed by atoms with Crippen molar-refractivity contribution in [2.45, 2.75) is 33.6 Å². The number of rotatable bonds is 8. The number of amides is 1. The van der Waals surface area contributed by atoms with Crippen LogP contribution in [0, 0.1) is 50.0 Å². The van der Waals surface area contributed by atoms with Gasteiger partial charge in [-0.1, -0.05) is 19.9 Å². The van der Waals surface area contributed by atoms with Crippen LogP contribution in [0.25, 0.3) is 0 Å². The molecule has 34 heavy (non-hydrogen) atoms. The lowest BCUT2D eigenvalue weighted by Gasteiger charge is -2.41. The smallest absolute Gasteiger partial charge is 0.271 e. The average molecular weight is 469 g/mol. The number of nitrogens with one attached hydrogen (secondary N) is 4. The third-order valence-electron chi connectivity index (χ3n) is 7.43. The highest BCUT2D eigenvalue weighted by molar-refractivity contribution is 6.42. The molecule has 0 unspecified atom stereocenters. The van der Waals surface area contributed by atoms with Gasteiger partial charge in [0.2, 0.25) is 0 Å². The summed E-state index contributed by atoms with van der Waals surface area (Å²) < 4.78 is 28.5. The summed E-state index contributed by atoms with van der Waals surface area (Å²) in [7, 11) is 0. The largest absolute Gasteiger partial charge is 0.384 e. The molecule has 0 heterocycles. The molecule has 3 rings (SSSR count). The summed E-state index contributed by atoms with van der Waals surface area (Å²) in [6.07, 6.45) is 5.13. The van der Waals surface area contributed by atoms with Crippen LogP contribution in [0.5, 0.6) is 0 Å². The SMILES string of the molecule is CCN(C[C@@]12CC[C@@H](/C(=C/C(=N)c3c(F)cccc3F)C1=N)C2(C)C)C(=O)C(=N)/C=C\C(=N)N.